The van der Waals surface area contributed by atoms with E-state index in [0.717, 1.165) is 35.1 Å². The van der Waals surface area contributed by atoms with Gasteiger partial charge in [-0.15, -0.1) is 0 Å². The van der Waals surface area contributed by atoms with Crippen molar-refractivity contribution >= 4 is 0 Å². The van der Waals surface area contributed by atoms with Crippen LogP contribution in [0.5, 0.6) is 0 Å². The summed E-state index contributed by atoms with van der Waals surface area (Å²) in [7, 11) is 0. The van der Waals surface area contributed by atoms with E-state index in [0.29, 0.717) is 18.8 Å². The van der Waals surface area contributed by atoms with Gasteiger partial charge in [-0.1, -0.05) is 75.1 Å². The summed E-state index contributed by atoms with van der Waals surface area (Å²) >= 11 is 0. The molecule has 1 aliphatic rings. The van der Waals surface area contributed by atoms with Crippen LogP contribution in [0.3, 0.4) is 0 Å². The predicted molar refractivity (Wildman–Crippen MR) is 95.0 cm³/mol. The van der Waals surface area contributed by atoms with Crippen molar-refractivity contribution < 1.29 is 0 Å². The first kappa shape index (κ1) is 17.9. The lowest BCUT2D eigenvalue weighted by atomic mass is 9.67. The zero-order valence-corrected chi connectivity index (χ0v) is 13.6. The molecule has 1 aliphatic carbocycles. The Morgan fingerprint density at radius 3 is 2.18 bits per heavy atom. The summed E-state index contributed by atoms with van der Waals surface area (Å²) in [5.41, 5.74) is 8.98. The molecule has 22 heavy (non-hydrogen) atoms. The number of allylic oxidation sites excluding steroid dienone is 8. The van der Waals surface area contributed by atoms with E-state index >= 15 is 0 Å². The first-order valence-electron chi connectivity index (χ1n) is 7.62. The third-order valence-electron chi connectivity index (χ3n) is 3.97. The molecule has 1 rings (SSSR count). The molecule has 0 atom stereocenters. The highest BCUT2D eigenvalue weighted by Gasteiger charge is 2.41. The molecule has 0 amide bonds. The highest BCUT2D eigenvalue weighted by atomic mass is 14.8. The SMILES string of the molecule is C=C(/C=C\C(=C)C(=C)/C=C\C(=C)C1CC(N)(C#N)C1)CCC. The first-order valence-corrected chi connectivity index (χ1v) is 7.62. The van der Waals surface area contributed by atoms with E-state index in [9.17, 15) is 0 Å². The summed E-state index contributed by atoms with van der Waals surface area (Å²) in [5, 5.41) is 8.91. The van der Waals surface area contributed by atoms with Crippen molar-refractivity contribution in [3.63, 3.8) is 0 Å². The second-order valence-electron chi connectivity index (χ2n) is 6.07. The fourth-order valence-corrected chi connectivity index (χ4v) is 2.35. The molecule has 116 valence electrons. The summed E-state index contributed by atoms with van der Waals surface area (Å²) in [6.45, 7) is 18.2. The lowest BCUT2D eigenvalue weighted by Gasteiger charge is -2.40. The van der Waals surface area contributed by atoms with Gasteiger partial charge in [0.15, 0.2) is 0 Å². The maximum absolute atomic E-state index is 8.91. The minimum Gasteiger partial charge on any atom is -0.313 e. The summed E-state index contributed by atoms with van der Waals surface area (Å²) in [5.74, 6) is 0.293. The van der Waals surface area contributed by atoms with Gasteiger partial charge >= 0.3 is 0 Å². The quantitative estimate of drug-likeness (QED) is 0.656. The molecule has 0 aliphatic heterocycles. The maximum atomic E-state index is 8.91. The summed E-state index contributed by atoms with van der Waals surface area (Å²) < 4.78 is 0. The van der Waals surface area contributed by atoms with Crippen molar-refractivity contribution in [2.75, 3.05) is 0 Å². The average molecular weight is 294 g/mol. The van der Waals surface area contributed by atoms with Crippen molar-refractivity contribution in [1.82, 2.24) is 0 Å². The summed E-state index contributed by atoms with van der Waals surface area (Å²) in [4.78, 5) is 0. The average Bonchev–Trinajstić information content (AvgIpc) is 2.46. The molecular weight excluding hydrogens is 268 g/mol. The Kier molecular flexibility index (Phi) is 6.34. The minimum absolute atomic E-state index is 0.293. The van der Waals surface area contributed by atoms with Gasteiger partial charge in [0.25, 0.3) is 0 Å². The smallest absolute Gasteiger partial charge is 0.105 e. The van der Waals surface area contributed by atoms with Crippen LogP contribution in [-0.2, 0) is 0 Å². The fourth-order valence-electron chi connectivity index (χ4n) is 2.35. The van der Waals surface area contributed by atoms with Crippen LogP contribution in [0.4, 0.5) is 0 Å². The molecule has 0 heterocycles. The number of nitriles is 1. The third-order valence-corrected chi connectivity index (χ3v) is 3.97. The lowest BCUT2D eigenvalue weighted by molar-refractivity contribution is 0.241. The van der Waals surface area contributed by atoms with Crippen molar-refractivity contribution in [3.05, 3.63) is 72.9 Å². The molecule has 1 fully saturated rings. The van der Waals surface area contributed by atoms with Crippen LogP contribution in [-0.4, -0.2) is 5.54 Å². The van der Waals surface area contributed by atoms with E-state index in [2.05, 4.69) is 39.3 Å². The van der Waals surface area contributed by atoms with Gasteiger partial charge in [0.2, 0.25) is 0 Å². The number of rotatable bonds is 8. The second kappa shape index (κ2) is 7.77. The van der Waals surface area contributed by atoms with E-state index in [1.807, 2.05) is 24.3 Å². The first-order chi connectivity index (χ1) is 10.3. The molecule has 0 aromatic carbocycles. The summed E-state index contributed by atoms with van der Waals surface area (Å²) in [6, 6.07) is 2.15. The van der Waals surface area contributed by atoms with Gasteiger partial charge < -0.3 is 5.73 Å². The molecule has 2 heteroatoms. The number of hydrogen-bond acceptors (Lipinski definition) is 2. The van der Waals surface area contributed by atoms with Gasteiger partial charge in [0.05, 0.1) is 6.07 Å². The standard InChI is InChI=1S/C20H26N2/c1-6-7-15(2)8-9-16(3)17(4)10-11-18(5)19-12-20(22,13-19)14-21/h8-11,19H,2-7,12-13,22H2,1H3/b9-8-,11-10-. The number of nitrogens with two attached hydrogens (primary N) is 1. The molecule has 0 saturated heterocycles. The second-order valence-corrected chi connectivity index (χ2v) is 6.07. The van der Waals surface area contributed by atoms with E-state index in [-0.39, 0.29) is 0 Å². The van der Waals surface area contributed by atoms with Crippen LogP contribution < -0.4 is 5.73 Å². The topological polar surface area (TPSA) is 49.8 Å². The molecule has 0 aromatic heterocycles. The minimum atomic E-state index is -0.662. The maximum Gasteiger partial charge on any atom is 0.105 e. The van der Waals surface area contributed by atoms with Gasteiger partial charge in [0.1, 0.15) is 5.54 Å². The molecule has 0 radical (unpaired) electrons. The van der Waals surface area contributed by atoms with Crippen LogP contribution in [0.2, 0.25) is 0 Å². The molecule has 0 unspecified atom stereocenters. The van der Waals surface area contributed by atoms with Gasteiger partial charge in [-0.2, -0.15) is 5.26 Å². The van der Waals surface area contributed by atoms with E-state index in [4.69, 9.17) is 11.0 Å². The van der Waals surface area contributed by atoms with E-state index in [1.165, 1.54) is 0 Å². The number of hydrogen-bond donors (Lipinski definition) is 1. The molecule has 2 N–H and O–H groups in total. The zero-order valence-electron chi connectivity index (χ0n) is 13.6. The Balaban J connectivity index is 2.48. The highest BCUT2D eigenvalue weighted by Crippen LogP contribution is 2.39. The Morgan fingerprint density at radius 1 is 1.14 bits per heavy atom. The van der Waals surface area contributed by atoms with Crippen molar-refractivity contribution in [1.29, 1.82) is 5.26 Å². The summed E-state index contributed by atoms with van der Waals surface area (Å²) in [6.07, 6.45) is 11.2. The van der Waals surface area contributed by atoms with Crippen molar-refractivity contribution in [2.24, 2.45) is 11.7 Å². The normalized spacial score (nSPS) is 24.0. The Morgan fingerprint density at radius 2 is 1.68 bits per heavy atom. The highest BCUT2D eigenvalue weighted by molar-refractivity contribution is 5.46. The molecule has 1 saturated carbocycles. The van der Waals surface area contributed by atoms with E-state index < -0.39 is 5.54 Å². The van der Waals surface area contributed by atoms with Crippen molar-refractivity contribution in [2.45, 2.75) is 38.1 Å². The molecule has 0 aromatic rings. The van der Waals surface area contributed by atoms with Gasteiger partial charge in [-0.3, -0.25) is 0 Å². The Hall–Kier alpha value is -2.11. The molecule has 0 spiro atoms. The number of nitrogens with zero attached hydrogens (tertiary/aromatic N) is 1. The van der Waals surface area contributed by atoms with Gasteiger partial charge in [-0.05, 0) is 36.3 Å². The van der Waals surface area contributed by atoms with Gasteiger partial charge in [-0.25, -0.2) is 0 Å². The monoisotopic (exact) mass is 294 g/mol. The van der Waals surface area contributed by atoms with Crippen molar-refractivity contribution in [3.8, 4) is 6.07 Å². The zero-order chi connectivity index (χ0) is 16.8. The molecule has 0 bridgehead atoms. The largest absolute Gasteiger partial charge is 0.313 e. The predicted octanol–water partition coefficient (Wildman–Crippen LogP) is 4.75. The van der Waals surface area contributed by atoms with Crippen LogP contribution >= 0.6 is 0 Å². The van der Waals surface area contributed by atoms with E-state index in [1.54, 1.807) is 0 Å². The van der Waals surface area contributed by atoms with Gasteiger partial charge in [0, 0.05) is 0 Å². The lowest BCUT2D eigenvalue weighted by Crippen LogP contribution is -2.50. The third kappa shape index (κ3) is 5.02. The molecular formula is C20H26N2. The fraction of sp³-hybridized carbons (Fsp3) is 0.350. The van der Waals surface area contributed by atoms with Crippen LogP contribution in [0.15, 0.2) is 72.9 Å². The van der Waals surface area contributed by atoms with Crippen LogP contribution in [0.1, 0.15) is 32.6 Å². The molecule has 2 nitrogen and oxygen atoms in total. The van der Waals surface area contributed by atoms with Crippen LogP contribution in [0, 0.1) is 17.2 Å². The Bertz CT molecular complexity index is 575. The Labute approximate surface area is 134 Å². The van der Waals surface area contributed by atoms with Crippen LogP contribution in [0.25, 0.3) is 0 Å².